The van der Waals surface area contributed by atoms with Crippen LogP contribution in [0.1, 0.15) is 0 Å². The zero-order valence-electron chi connectivity index (χ0n) is 9.11. The Hall–Kier alpha value is -1.38. The van der Waals surface area contributed by atoms with E-state index in [1.165, 1.54) is 0 Å². The molecule has 2 rings (SSSR count). The minimum atomic E-state index is 0.557. The van der Waals surface area contributed by atoms with Crippen molar-refractivity contribution in [1.82, 2.24) is 0 Å². The first kappa shape index (κ1) is 12.1. The highest BCUT2D eigenvalue weighted by atomic mass is 35.5. The van der Waals surface area contributed by atoms with Crippen molar-refractivity contribution in [2.75, 3.05) is 7.11 Å². The lowest BCUT2D eigenvalue weighted by Crippen LogP contribution is -1.87. The van der Waals surface area contributed by atoms with Gasteiger partial charge in [0.1, 0.15) is 17.2 Å². The van der Waals surface area contributed by atoms with Gasteiger partial charge in [-0.2, -0.15) is 0 Å². The van der Waals surface area contributed by atoms with Gasteiger partial charge < -0.3 is 9.47 Å². The second-order valence-corrected chi connectivity index (χ2v) is 4.26. The van der Waals surface area contributed by atoms with E-state index in [9.17, 15) is 0 Å². The third-order valence-electron chi connectivity index (χ3n) is 2.11. The van der Waals surface area contributed by atoms with Gasteiger partial charge in [-0.1, -0.05) is 29.3 Å². The van der Waals surface area contributed by atoms with Gasteiger partial charge in [0, 0.05) is 16.1 Å². The monoisotopic (exact) mass is 268 g/mol. The number of hydrogen-bond donors (Lipinski definition) is 0. The zero-order valence-corrected chi connectivity index (χ0v) is 10.6. The van der Waals surface area contributed by atoms with Crippen LogP contribution in [0.3, 0.4) is 0 Å². The normalized spacial score (nSPS) is 10.1. The molecular formula is C13H10Cl2O2. The minimum absolute atomic E-state index is 0.557. The Bertz CT molecular complexity index is 527. The van der Waals surface area contributed by atoms with E-state index >= 15 is 0 Å². The summed E-state index contributed by atoms with van der Waals surface area (Å²) in [6, 6.07) is 12.3. The molecule has 0 aliphatic rings. The second-order valence-electron chi connectivity index (χ2n) is 3.39. The van der Waals surface area contributed by atoms with Crippen molar-refractivity contribution in [3.8, 4) is 17.2 Å². The Morgan fingerprint density at radius 2 is 1.53 bits per heavy atom. The van der Waals surface area contributed by atoms with E-state index in [1.54, 1.807) is 37.4 Å². The maximum absolute atomic E-state index is 5.94. The van der Waals surface area contributed by atoms with Crippen molar-refractivity contribution in [3.63, 3.8) is 0 Å². The number of rotatable bonds is 3. The Kier molecular flexibility index (Phi) is 3.77. The van der Waals surface area contributed by atoms with Crippen LogP contribution in [0.4, 0.5) is 0 Å². The maximum Gasteiger partial charge on any atom is 0.132 e. The molecule has 0 atom stereocenters. The molecule has 0 aliphatic carbocycles. The summed E-state index contributed by atoms with van der Waals surface area (Å²) < 4.78 is 10.7. The van der Waals surface area contributed by atoms with E-state index in [-0.39, 0.29) is 0 Å². The SMILES string of the molecule is COc1cc(Cl)cc(Oc2cccc(Cl)c2)c1. The van der Waals surface area contributed by atoms with Gasteiger partial charge in [-0.25, -0.2) is 0 Å². The molecule has 88 valence electrons. The predicted molar refractivity (Wildman–Crippen MR) is 69.5 cm³/mol. The van der Waals surface area contributed by atoms with Crippen LogP contribution in [0.2, 0.25) is 10.0 Å². The summed E-state index contributed by atoms with van der Waals surface area (Å²) >= 11 is 11.8. The lowest BCUT2D eigenvalue weighted by molar-refractivity contribution is 0.409. The molecule has 0 bridgehead atoms. The van der Waals surface area contributed by atoms with Crippen molar-refractivity contribution < 1.29 is 9.47 Å². The highest BCUT2D eigenvalue weighted by Gasteiger charge is 2.02. The molecule has 0 aliphatic heterocycles. The molecule has 2 nitrogen and oxygen atoms in total. The first-order valence-corrected chi connectivity index (χ1v) is 5.71. The fourth-order valence-corrected chi connectivity index (χ4v) is 1.78. The molecular weight excluding hydrogens is 259 g/mol. The largest absolute Gasteiger partial charge is 0.497 e. The van der Waals surface area contributed by atoms with Crippen LogP contribution < -0.4 is 9.47 Å². The van der Waals surface area contributed by atoms with E-state index in [2.05, 4.69) is 0 Å². The van der Waals surface area contributed by atoms with Gasteiger partial charge in [-0.15, -0.1) is 0 Å². The Balaban J connectivity index is 2.26. The van der Waals surface area contributed by atoms with Crippen LogP contribution in [-0.2, 0) is 0 Å². The second kappa shape index (κ2) is 5.30. The first-order valence-electron chi connectivity index (χ1n) is 4.95. The van der Waals surface area contributed by atoms with Gasteiger partial charge >= 0.3 is 0 Å². The number of methoxy groups -OCH3 is 1. The van der Waals surface area contributed by atoms with Gasteiger partial charge in [-0.05, 0) is 30.3 Å². The van der Waals surface area contributed by atoms with E-state index < -0.39 is 0 Å². The van der Waals surface area contributed by atoms with Gasteiger partial charge in [0.15, 0.2) is 0 Å². The van der Waals surface area contributed by atoms with E-state index in [1.807, 2.05) is 12.1 Å². The third kappa shape index (κ3) is 3.29. The molecule has 0 radical (unpaired) electrons. The van der Waals surface area contributed by atoms with Crippen LogP contribution in [0.25, 0.3) is 0 Å². The molecule has 0 amide bonds. The highest BCUT2D eigenvalue weighted by molar-refractivity contribution is 6.31. The average Bonchev–Trinajstić information content (AvgIpc) is 2.28. The number of ether oxygens (including phenoxy) is 2. The molecule has 2 aromatic carbocycles. The standard InChI is InChI=1S/C13H10Cl2O2/c1-16-12-6-10(15)7-13(8-12)17-11-4-2-3-9(14)5-11/h2-8H,1H3. The molecule has 0 unspecified atom stereocenters. The summed E-state index contributed by atoms with van der Waals surface area (Å²) in [6.07, 6.45) is 0. The molecule has 0 heterocycles. The van der Waals surface area contributed by atoms with Crippen LogP contribution >= 0.6 is 23.2 Å². The number of benzene rings is 2. The number of halogens is 2. The zero-order chi connectivity index (χ0) is 12.3. The molecule has 17 heavy (non-hydrogen) atoms. The van der Waals surface area contributed by atoms with Crippen molar-refractivity contribution in [3.05, 3.63) is 52.5 Å². The lowest BCUT2D eigenvalue weighted by Gasteiger charge is -2.08. The van der Waals surface area contributed by atoms with Gasteiger partial charge in [0.25, 0.3) is 0 Å². The molecule has 0 saturated heterocycles. The Labute approximate surface area is 110 Å². The van der Waals surface area contributed by atoms with Crippen molar-refractivity contribution >= 4 is 23.2 Å². The van der Waals surface area contributed by atoms with E-state index in [0.717, 1.165) is 0 Å². The summed E-state index contributed by atoms with van der Waals surface area (Å²) in [5.41, 5.74) is 0. The van der Waals surface area contributed by atoms with Gasteiger partial charge in [0.05, 0.1) is 7.11 Å². The van der Waals surface area contributed by atoms with Gasteiger partial charge in [0.2, 0.25) is 0 Å². The van der Waals surface area contributed by atoms with E-state index in [4.69, 9.17) is 32.7 Å². The molecule has 0 N–H and O–H groups in total. The maximum atomic E-state index is 5.94. The summed E-state index contributed by atoms with van der Waals surface area (Å²) in [7, 11) is 1.58. The van der Waals surface area contributed by atoms with Crippen LogP contribution in [0.5, 0.6) is 17.2 Å². The molecule has 4 heteroatoms. The molecule has 0 saturated carbocycles. The fraction of sp³-hybridized carbons (Fsp3) is 0.0769. The average molecular weight is 269 g/mol. The quantitative estimate of drug-likeness (QED) is 0.797. The smallest absolute Gasteiger partial charge is 0.132 e. The molecule has 2 aromatic rings. The van der Waals surface area contributed by atoms with Crippen LogP contribution in [0, 0.1) is 0 Å². The molecule has 0 spiro atoms. The van der Waals surface area contributed by atoms with Gasteiger partial charge in [-0.3, -0.25) is 0 Å². The van der Waals surface area contributed by atoms with E-state index in [0.29, 0.717) is 27.3 Å². The predicted octanol–water partition coefficient (Wildman–Crippen LogP) is 4.79. The summed E-state index contributed by atoms with van der Waals surface area (Å²) in [5.74, 6) is 1.91. The fourth-order valence-electron chi connectivity index (χ4n) is 1.38. The highest BCUT2D eigenvalue weighted by Crippen LogP contribution is 2.30. The topological polar surface area (TPSA) is 18.5 Å². The summed E-state index contributed by atoms with van der Waals surface area (Å²) in [4.78, 5) is 0. The number of hydrogen-bond acceptors (Lipinski definition) is 2. The first-order chi connectivity index (χ1) is 8.17. The van der Waals surface area contributed by atoms with Crippen molar-refractivity contribution in [2.45, 2.75) is 0 Å². The van der Waals surface area contributed by atoms with Crippen LogP contribution in [0.15, 0.2) is 42.5 Å². The Morgan fingerprint density at radius 1 is 0.824 bits per heavy atom. The van der Waals surface area contributed by atoms with Crippen LogP contribution in [-0.4, -0.2) is 7.11 Å². The summed E-state index contributed by atoms with van der Waals surface area (Å²) in [5, 5.41) is 1.18. The molecule has 0 fully saturated rings. The Morgan fingerprint density at radius 3 is 2.24 bits per heavy atom. The summed E-state index contributed by atoms with van der Waals surface area (Å²) in [6.45, 7) is 0. The lowest BCUT2D eigenvalue weighted by atomic mass is 10.3. The third-order valence-corrected chi connectivity index (χ3v) is 2.57. The molecule has 0 aromatic heterocycles. The van der Waals surface area contributed by atoms with Crippen molar-refractivity contribution in [1.29, 1.82) is 0 Å². The minimum Gasteiger partial charge on any atom is -0.497 e. The van der Waals surface area contributed by atoms with Crippen molar-refractivity contribution in [2.24, 2.45) is 0 Å².